The number of nitrogens with one attached hydrogen (secondary N) is 1. The normalized spacial score (nSPS) is 9.00. The van der Waals surface area contributed by atoms with Gasteiger partial charge in [-0.05, 0) is 24.3 Å². The van der Waals surface area contributed by atoms with Crippen LogP contribution in [0.5, 0.6) is 0 Å². The molecule has 8 heteroatoms. The Morgan fingerprint density at radius 3 is 2.11 bits per heavy atom. The minimum absolute atomic E-state index is 0. The van der Waals surface area contributed by atoms with Gasteiger partial charge in [-0.2, -0.15) is 0 Å². The maximum atomic E-state index is 10.5. The number of benzene rings is 1. The average Bonchev–Trinajstić information content (AvgIpc) is 2.20. The molecule has 0 fully saturated rings. The van der Waals surface area contributed by atoms with Crippen molar-refractivity contribution in [3.05, 3.63) is 36.0 Å². The largest absolute Gasteiger partial charge is 1.00 e. The molecule has 0 unspecified atom stereocenters. The van der Waals surface area contributed by atoms with Crippen LogP contribution >= 0.6 is 0 Å². The Morgan fingerprint density at radius 2 is 1.72 bits per heavy atom. The summed E-state index contributed by atoms with van der Waals surface area (Å²) in [5, 5.41) is 13.1. The van der Waals surface area contributed by atoms with Gasteiger partial charge in [-0.25, -0.2) is 0 Å². The van der Waals surface area contributed by atoms with E-state index >= 15 is 0 Å². The summed E-state index contributed by atoms with van der Waals surface area (Å²) in [7, 11) is 0. The first-order valence-corrected chi connectivity index (χ1v) is 4.13. The van der Waals surface area contributed by atoms with Crippen LogP contribution in [0.2, 0.25) is 0 Å². The van der Waals surface area contributed by atoms with E-state index in [1.54, 1.807) is 24.3 Å². The van der Waals surface area contributed by atoms with E-state index in [1.807, 2.05) is 0 Å². The zero-order valence-electron chi connectivity index (χ0n) is 9.77. The fourth-order valence-corrected chi connectivity index (χ4v) is 0.951. The van der Waals surface area contributed by atoms with E-state index in [0.717, 1.165) is 6.08 Å². The molecule has 0 radical (unpaired) electrons. The summed E-state index contributed by atoms with van der Waals surface area (Å²) in [5.41, 5.74) is 6.23. The third kappa shape index (κ3) is 7.05. The second-order valence-corrected chi connectivity index (χ2v) is 2.75. The Balaban J connectivity index is -0.000000750. The van der Waals surface area contributed by atoms with E-state index in [4.69, 9.17) is 5.73 Å². The molecular formula is C10H13N2NaO5. The number of rotatable bonds is 4. The Morgan fingerprint density at radius 1 is 1.22 bits per heavy atom. The number of nitrogens with two attached hydrogens (primary N) is 1. The van der Waals surface area contributed by atoms with Crippen LogP contribution in [0, 0.1) is 0 Å². The third-order valence-electron chi connectivity index (χ3n) is 1.64. The topological polar surface area (TPSA) is 158 Å². The molecule has 0 heterocycles. The third-order valence-corrected chi connectivity index (χ3v) is 1.64. The molecule has 1 aromatic carbocycles. The van der Waals surface area contributed by atoms with Gasteiger partial charge in [0.1, 0.15) is 6.29 Å². The molecular weight excluding hydrogens is 251 g/mol. The molecule has 1 aromatic rings. The van der Waals surface area contributed by atoms with Crippen molar-refractivity contribution in [2.24, 2.45) is 0 Å². The molecule has 0 aliphatic carbocycles. The first-order valence-electron chi connectivity index (χ1n) is 4.13. The van der Waals surface area contributed by atoms with Gasteiger partial charge in [-0.1, -0.05) is 0 Å². The van der Waals surface area contributed by atoms with E-state index in [9.17, 15) is 14.7 Å². The monoisotopic (exact) mass is 264 g/mol. The summed E-state index contributed by atoms with van der Waals surface area (Å²) in [6.45, 7) is 0. The van der Waals surface area contributed by atoms with Crippen LogP contribution in [0.15, 0.2) is 36.0 Å². The fourth-order valence-electron chi connectivity index (χ4n) is 0.951. The van der Waals surface area contributed by atoms with E-state index in [1.165, 1.54) is 0 Å². The molecule has 94 valence electrons. The number of carbonyl (C=O) groups is 2. The van der Waals surface area contributed by atoms with Crippen LogP contribution in [0.4, 0.5) is 11.4 Å². The molecule has 7 N–H and O–H groups in total. The van der Waals surface area contributed by atoms with Gasteiger partial charge in [0, 0.05) is 17.5 Å². The molecule has 0 atom stereocenters. The van der Waals surface area contributed by atoms with Crippen LogP contribution in [0.25, 0.3) is 0 Å². The fraction of sp³-hybridized carbons (Fsp3) is 0. The van der Waals surface area contributed by atoms with Crippen LogP contribution in [-0.4, -0.2) is 23.2 Å². The second kappa shape index (κ2) is 10.8. The van der Waals surface area contributed by atoms with Crippen LogP contribution in [0.1, 0.15) is 0 Å². The zero-order valence-corrected chi connectivity index (χ0v) is 11.8. The van der Waals surface area contributed by atoms with Crippen molar-refractivity contribution in [2.75, 3.05) is 11.1 Å². The zero-order chi connectivity index (χ0) is 11.3. The molecule has 0 spiro atoms. The number of anilines is 2. The van der Waals surface area contributed by atoms with Crippen LogP contribution in [0.3, 0.4) is 0 Å². The maximum Gasteiger partial charge on any atom is 1.00 e. The minimum atomic E-state index is -1.45. The van der Waals surface area contributed by atoms with Gasteiger partial charge in [0.05, 0.1) is 11.7 Å². The number of carboxylic acids is 1. The van der Waals surface area contributed by atoms with E-state index in [2.05, 4.69) is 5.32 Å². The van der Waals surface area contributed by atoms with E-state index in [-0.39, 0.29) is 46.2 Å². The summed E-state index contributed by atoms with van der Waals surface area (Å²) in [6.07, 6.45) is 1.25. The Bertz CT molecular complexity index is 405. The summed E-state index contributed by atoms with van der Waals surface area (Å²) >= 11 is 0. The predicted octanol–water partition coefficient (Wildman–Crippen LogP) is -5.13. The van der Waals surface area contributed by atoms with Gasteiger partial charge in [0.25, 0.3) is 0 Å². The molecule has 1 rings (SSSR count). The first kappa shape index (κ1) is 21.9. The Labute approximate surface area is 126 Å². The smallest absolute Gasteiger partial charge is 0.543 e. The van der Waals surface area contributed by atoms with Gasteiger partial charge in [-0.15, -0.1) is 0 Å². The number of allylic oxidation sites excluding steroid dienone is 1. The summed E-state index contributed by atoms with van der Waals surface area (Å²) < 4.78 is 0. The molecule has 7 nitrogen and oxygen atoms in total. The van der Waals surface area contributed by atoms with Crippen LogP contribution < -0.4 is 45.7 Å². The molecule has 18 heavy (non-hydrogen) atoms. The van der Waals surface area contributed by atoms with Gasteiger partial charge in [0.15, 0.2) is 0 Å². The molecule has 0 aliphatic rings. The molecule has 0 saturated heterocycles. The molecule has 0 aliphatic heterocycles. The standard InChI is InChI=1S/C10H10N2O3.Na.2H2O/c11-7-1-3-8(4-2-7)12-9(5-6-13)10(14)15;;;/h1-6,12H,11H2,(H,14,15);;2*1H2/q;+1;;/p-1. The van der Waals surface area contributed by atoms with E-state index in [0.29, 0.717) is 17.7 Å². The van der Waals surface area contributed by atoms with Gasteiger partial charge in [0.2, 0.25) is 0 Å². The molecule has 0 aromatic heterocycles. The van der Waals surface area contributed by atoms with Crippen LogP contribution in [-0.2, 0) is 9.59 Å². The maximum absolute atomic E-state index is 10.5. The number of aldehydes is 1. The van der Waals surface area contributed by atoms with Gasteiger partial charge >= 0.3 is 29.6 Å². The molecule has 0 bridgehead atoms. The van der Waals surface area contributed by atoms with Crippen molar-refractivity contribution in [2.45, 2.75) is 0 Å². The number of carbonyl (C=O) groups excluding carboxylic acids is 2. The Kier molecular flexibility index (Phi) is 13.1. The summed E-state index contributed by atoms with van der Waals surface area (Å²) in [5.74, 6) is -1.45. The summed E-state index contributed by atoms with van der Waals surface area (Å²) in [4.78, 5) is 20.7. The van der Waals surface area contributed by atoms with Crippen molar-refractivity contribution in [1.29, 1.82) is 0 Å². The number of hydrogen-bond acceptors (Lipinski definition) is 5. The number of aliphatic carboxylic acids is 1. The quantitative estimate of drug-likeness (QED) is 0.240. The van der Waals surface area contributed by atoms with E-state index < -0.39 is 5.97 Å². The average molecular weight is 264 g/mol. The predicted molar refractivity (Wildman–Crippen MR) is 60.9 cm³/mol. The first-order chi connectivity index (χ1) is 7.13. The van der Waals surface area contributed by atoms with Gasteiger partial charge < -0.3 is 31.9 Å². The number of hydrogen-bond donors (Lipinski definition) is 2. The second-order valence-electron chi connectivity index (χ2n) is 2.75. The van der Waals surface area contributed by atoms with Crippen molar-refractivity contribution in [1.82, 2.24) is 0 Å². The van der Waals surface area contributed by atoms with Gasteiger partial charge in [-0.3, -0.25) is 4.79 Å². The number of carboxylic acid groups (broad SMARTS) is 1. The summed E-state index contributed by atoms with van der Waals surface area (Å²) in [6, 6.07) is 6.40. The van der Waals surface area contributed by atoms with Crippen molar-refractivity contribution >= 4 is 23.6 Å². The Hall–Kier alpha value is -1.38. The number of nitrogen functional groups attached to an aromatic ring is 1. The SMILES string of the molecule is Nc1ccc(NC(=CC=O)C(=O)[O-])cc1.O.O.[Na+]. The van der Waals surface area contributed by atoms with Crippen molar-refractivity contribution in [3.63, 3.8) is 0 Å². The molecule has 0 amide bonds. The molecule has 0 saturated carbocycles. The van der Waals surface area contributed by atoms with Crippen molar-refractivity contribution in [3.8, 4) is 0 Å². The minimum Gasteiger partial charge on any atom is -0.543 e. The van der Waals surface area contributed by atoms with Crippen molar-refractivity contribution < 1.29 is 55.2 Å².